The second-order valence-corrected chi connectivity index (χ2v) is 4.42. The molecule has 0 aromatic heterocycles. The molecule has 0 radical (unpaired) electrons. The van der Waals surface area contributed by atoms with Gasteiger partial charge in [0.25, 0.3) is 0 Å². The van der Waals surface area contributed by atoms with E-state index < -0.39 is 11.8 Å². The van der Waals surface area contributed by atoms with Crippen LogP contribution in [-0.2, 0) is 0 Å². The minimum absolute atomic E-state index is 0.112. The second kappa shape index (κ2) is 6.38. The number of carbonyl (C=O) groups excluding carboxylic acids is 1. The number of urea groups is 1. The minimum Gasteiger partial charge on any atom is -0.487 e. The predicted molar refractivity (Wildman–Crippen MR) is 68.8 cm³/mol. The van der Waals surface area contributed by atoms with Gasteiger partial charge in [-0.3, -0.25) is 0 Å². The molecule has 19 heavy (non-hydrogen) atoms. The third-order valence-corrected chi connectivity index (χ3v) is 2.93. The minimum atomic E-state index is -0.494. The molecule has 0 spiro atoms. The van der Waals surface area contributed by atoms with Gasteiger partial charge in [-0.2, -0.15) is 0 Å². The molecule has 1 aromatic carbocycles. The highest BCUT2D eigenvalue weighted by Gasteiger charge is 2.20. The number of hydrogen-bond donors (Lipinski definition) is 3. The van der Waals surface area contributed by atoms with Crippen molar-refractivity contribution >= 4 is 11.7 Å². The Morgan fingerprint density at radius 3 is 2.84 bits per heavy atom. The monoisotopic (exact) mass is 268 g/mol. The van der Waals surface area contributed by atoms with Crippen LogP contribution < -0.4 is 15.4 Å². The van der Waals surface area contributed by atoms with Crippen LogP contribution in [0.25, 0.3) is 0 Å². The number of rotatable bonds is 5. The highest BCUT2D eigenvalue weighted by Crippen LogP contribution is 2.28. The van der Waals surface area contributed by atoms with E-state index in [1.807, 2.05) is 0 Å². The summed E-state index contributed by atoms with van der Waals surface area (Å²) < 4.78 is 19.2. The number of nitrogens with one attached hydrogen (secondary N) is 2. The molecule has 5 nitrogen and oxygen atoms in total. The SMILES string of the molecule is O=C(NCCO)Nc1ccc(OC2CCC2)c(F)c1. The maximum absolute atomic E-state index is 13.7. The van der Waals surface area contributed by atoms with E-state index in [4.69, 9.17) is 9.84 Å². The molecular formula is C13H17FN2O3. The van der Waals surface area contributed by atoms with Gasteiger partial charge >= 0.3 is 6.03 Å². The van der Waals surface area contributed by atoms with Gasteiger partial charge in [0.05, 0.1) is 12.7 Å². The summed E-state index contributed by atoms with van der Waals surface area (Å²) in [5.41, 5.74) is 0.342. The van der Waals surface area contributed by atoms with Crippen molar-refractivity contribution in [2.24, 2.45) is 0 Å². The first-order valence-electron chi connectivity index (χ1n) is 6.31. The van der Waals surface area contributed by atoms with Crippen LogP contribution >= 0.6 is 0 Å². The topological polar surface area (TPSA) is 70.6 Å². The molecule has 3 N–H and O–H groups in total. The summed E-state index contributed by atoms with van der Waals surface area (Å²) in [6, 6.07) is 3.82. The summed E-state index contributed by atoms with van der Waals surface area (Å²) in [6.07, 6.45) is 3.16. The third kappa shape index (κ3) is 3.82. The quantitative estimate of drug-likeness (QED) is 0.763. The molecule has 104 valence electrons. The van der Waals surface area contributed by atoms with Crippen LogP contribution in [0.3, 0.4) is 0 Å². The lowest BCUT2D eigenvalue weighted by Crippen LogP contribution is -2.31. The van der Waals surface area contributed by atoms with Gasteiger partial charge in [0.1, 0.15) is 0 Å². The highest BCUT2D eigenvalue weighted by atomic mass is 19.1. The number of aliphatic hydroxyl groups excluding tert-OH is 1. The Balaban J connectivity index is 1.91. The van der Waals surface area contributed by atoms with Crippen molar-refractivity contribution in [3.05, 3.63) is 24.0 Å². The molecule has 0 saturated heterocycles. The fraction of sp³-hybridized carbons (Fsp3) is 0.462. The van der Waals surface area contributed by atoms with Crippen LogP contribution in [0, 0.1) is 5.82 Å². The van der Waals surface area contributed by atoms with Crippen molar-refractivity contribution in [1.82, 2.24) is 5.32 Å². The fourth-order valence-corrected chi connectivity index (χ4v) is 1.69. The smallest absolute Gasteiger partial charge is 0.319 e. The Bertz CT molecular complexity index is 450. The van der Waals surface area contributed by atoms with Crippen molar-refractivity contribution < 1.29 is 19.0 Å². The third-order valence-electron chi connectivity index (χ3n) is 2.93. The lowest BCUT2D eigenvalue weighted by atomic mass is 9.96. The molecule has 0 unspecified atom stereocenters. The van der Waals surface area contributed by atoms with Crippen molar-refractivity contribution in [2.75, 3.05) is 18.5 Å². The number of ether oxygens (including phenoxy) is 1. The van der Waals surface area contributed by atoms with E-state index in [0.29, 0.717) is 5.69 Å². The molecule has 2 amide bonds. The first kappa shape index (κ1) is 13.6. The van der Waals surface area contributed by atoms with E-state index >= 15 is 0 Å². The summed E-state index contributed by atoms with van der Waals surface area (Å²) >= 11 is 0. The maximum Gasteiger partial charge on any atom is 0.319 e. The lowest BCUT2D eigenvalue weighted by Gasteiger charge is -2.26. The summed E-state index contributed by atoms with van der Waals surface area (Å²) in [4.78, 5) is 11.3. The molecule has 0 heterocycles. The lowest BCUT2D eigenvalue weighted by molar-refractivity contribution is 0.115. The Hall–Kier alpha value is -1.82. The summed E-state index contributed by atoms with van der Waals surface area (Å²) in [5, 5.41) is 13.4. The van der Waals surface area contributed by atoms with E-state index in [2.05, 4.69) is 10.6 Å². The molecule has 2 rings (SSSR count). The first-order chi connectivity index (χ1) is 9.19. The zero-order valence-corrected chi connectivity index (χ0v) is 10.5. The molecule has 1 aliphatic rings. The van der Waals surface area contributed by atoms with E-state index in [9.17, 15) is 9.18 Å². The number of aliphatic hydroxyl groups is 1. The molecule has 0 bridgehead atoms. The van der Waals surface area contributed by atoms with Crippen molar-refractivity contribution in [2.45, 2.75) is 25.4 Å². The molecular weight excluding hydrogens is 251 g/mol. The normalized spacial score (nSPS) is 14.6. The first-order valence-corrected chi connectivity index (χ1v) is 6.31. The number of halogens is 1. The average molecular weight is 268 g/mol. The van der Waals surface area contributed by atoms with E-state index in [1.54, 1.807) is 6.07 Å². The van der Waals surface area contributed by atoms with E-state index in [1.165, 1.54) is 12.1 Å². The second-order valence-electron chi connectivity index (χ2n) is 4.42. The van der Waals surface area contributed by atoms with Crippen LogP contribution in [0.1, 0.15) is 19.3 Å². The predicted octanol–water partition coefficient (Wildman–Crippen LogP) is 1.87. The molecule has 0 atom stereocenters. The van der Waals surface area contributed by atoms with Gasteiger partial charge in [-0.25, -0.2) is 9.18 Å². The Kier molecular flexibility index (Phi) is 4.57. The summed E-state index contributed by atoms with van der Waals surface area (Å²) in [6.45, 7) is 0.00708. The van der Waals surface area contributed by atoms with Crippen LogP contribution in [0.15, 0.2) is 18.2 Å². The molecule has 1 aliphatic carbocycles. The molecule has 1 aromatic rings. The maximum atomic E-state index is 13.7. The van der Waals surface area contributed by atoms with Gasteiger partial charge in [0.2, 0.25) is 0 Å². The van der Waals surface area contributed by atoms with Crippen molar-refractivity contribution in [3.8, 4) is 5.75 Å². The molecule has 0 aliphatic heterocycles. The molecule has 1 fully saturated rings. The number of amides is 2. The number of hydrogen-bond acceptors (Lipinski definition) is 3. The zero-order chi connectivity index (χ0) is 13.7. The van der Waals surface area contributed by atoms with Crippen molar-refractivity contribution in [3.63, 3.8) is 0 Å². The van der Waals surface area contributed by atoms with Gasteiger partial charge in [-0.1, -0.05) is 0 Å². The summed E-state index contributed by atoms with van der Waals surface area (Å²) in [5.74, 6) is -0.280. The standard InChI is InChI=1S/C13H17FN2O3/c14-11-8-9(16-13(18)15-6-7-17)4-5-12(11)19-10-2-1-3-10/h4-5,8,10,17H,1-3,6-7H2,(H2,15,16,18). The fourth-order valence-electron chi connectivity index (χ4n) is 1.69. The van der Waals surface area contributed by atoms with Crippen LogP contribution in [0.5, 0.6) is 5.75 Å². The Morgan fingerprint density at radius 1 is 1.47 bits per heavy atom. The highest BCUT2D eigenvalue weighted by molar-refractivity contribution is 5.89. The van der Waals surface area contributed by atoms with Gasteiger partial charge < -0.3 is 20.5 Å². The van der Waals surface area contributed by atoms with Crippen LogP contribution in [0.2, 0.25) is 0 Å². The Labute approximate surface area is 110 Å². The average Bonchev–Trinajstić information content (AvgIpc) is 2.33. The molecule has 1 saturated carbocycles. The van der Waals surface area contributed by atoms with Crippen LogP contribution in [-0.4, -0.2) is 30.4 Å². The largest absolute Gasteiger partial charge is 0.487 e. The van der Waals surface area contributed by atoms with Crippen LogP contribution in [0.4, 0.5) is 14.9 Å². The number of anilines is 1. The van der Waals surface area contributed by atoms with E-state index in [0.717, 1.165) is 19.3 Å². The van der Waals surface area contributed by atoms with Gasteiger partial charge in [-0.15, -0.1) is 0 Å². The van der Waals surface area contributed by atoms with E-state index in [-0.39, 0.29) is 25.0 Å². The van der Waals surface area contributed by atoms with Gasteiger partial charge in [-0.05, 0) is 31.4 Å². The number of carbonyl (C=O) groups is 1. The van der Waals surface area contributed by atoms with Gasteiger partial charge in [0.15, 0.2) is 11.6 Å². The number of benzene rings is 1. The Morgan fingerprint density at radius 2 is 2.26 bits per heavy atom. The molecule has 6 heteroatoms. The van der Waals surface area contributed by atoms with Crippen molar-refractivity contribution in [1.29, 1.82) is 0 Å². The zero-order valence-electron chi connectivity index (χ0n) is 10.5. The summed E-state index contributed by atoms with van der Waals surface area (Å²) in [7, 11) is 0. The van der Waals surface area contributed by atoms with Gasteiger partial charge in [0, 0.05) is 18.3 Å².